The first-order valence-corrected chi connectivity index (χ1v) is 4.77. The van der Waals surface area contributed by atoms with Gasteiger partial charge in [0.05, 0.1) is 31.3 Å². The first-order valence-electron chi connectivity index (χ1n) is 4.77. The third-order valence-corrected chi connectivity index (χ3v) is 1.79. The minimum absolute atomic E-state index is 0.0841. The zero-order valence-electron chi connectivity index (χ0n) is 8.60. The largest absolute Gasteiger partial charge is 0.477 e. The van der Waals surface area contributed by atoms with Gasteiger partial charge in [0.1, 0.15) is 0 Å². The van der Waals surface area contributed by atoms with Crippen molar-refractivity contribution in [3.63, 3.8) is 0 Å². The molecular weight excluding hydrogens is 180 g/mol. The Morgan fingerprint density at radius 1 is 1.36 bits per heavy atom. The molecule has 0 fully saturated rings. The quantitative estimate of drug-likeness (QED) is 0.773. The Morgan fingerprint density at radius 3 is 2.64 bits per heavy atom. The predicted octanol–water partition coefficient (Wildman–Crippen LogP) is 1.39. The van der Waals surface area contributed by atoms with Crippen LogP contribution in [0.3, 0.4) is 0 Å². The number of hydrogen-bond donors (Lipinski definition) is 1. The zero-order valence-corrected chi connectivity index (χ0v) is 8.60. The summed E-state index contributed by atoms with van der Waals surface area (Å²) in [6.07, 6.45) is 4.06. The van der Waals surface area contributed by atoms with Crippen LogP contribution < -0.4 is 4.74 Å². The Hall–Kier alpha value is -1.16. The number of ether oxygens (including phenoxy) is 1. The van der Waals surface area contributed by atoms with Crippen molar-refractivity contribution in [2.45, 2.75) is 26.9 Å². The molecular formula is C10H16N2O2. The highest BCUT2D eigenvalue weighted by atomic mass is 16.5. The lowest BCUT2D eigenvalue weighted by atomic mass is 10.1. The van der Waals surface area contributed by atoms with Crippen molar-refractivity contribution in [3.05, 3.63) is 18.1 Å². The number of nitrogens with zero attached hydrogens (tertiary/aromatic N) is 2. The fourth-order valence-electron chi connectivity index (χ4n) is 0.898. The lowest BCUT2D eigenvalue weighted by molar-refractivity contribution is 0.268. The van der Waals surface area contributed by atoms with Crippen LogP contribution in [0.4, 0.5) is 0 Å². The summed E-state index contributed by atoms with van der Waals surface area (Å²) in [6.45, 7) is 4.86. The van der Waals surface area contributed by atoms with Gasteiger partial charge in [-0.05, 0) is 12.3 Å². The van der Waals surface area contributed by atoms with E-state index in [1.165, 1.54) is 12.4 Å². The van der Waals surface area contributed by atoms with Gasteiger partial charge >= 0.3 is 0 Å². The van der Waals surface area contributed by atoms with E-state index in [9.17, 15) is 0 Å². The van der Waals surface area contributed by atoms with Crippen molar-refractivity contribution in [1.82, 2.24) is 9.97 Å². The summed E-state index contributed by atoms with van der Waals surface area (Å²) >= 11 is 0. The van der Waals surface area contributed by atoms with Gasteiger partial charge in [0.15, 0.2) is 0 Å². The summed E-state index contributed by atoms with van der Waals surface area (Å²) in [5, 5.41) is 8.73. The SMILES string of the molecule is CC(C)CCOc1cnc(CO)cn1. The van der Waals surface area contributed by atoms with Crippen molar-refractivity contribution >= 4 is 0 Å². The monoisotopic (exact) mass is 196 g/mol. The molecule has 0 aliphatic heterocycles. The van der Waals surface area contributed by atoms with Gasteiger partial charge in [-0.3, -0.25) is 4.98 Å². The van der Waals surface area contributed by atoms with Gasteiger partial charge in [-0.25, -0.2) is 4.98 Å². The minimum Gasteiger partial charge on any atom is -0.477 e. The fourth-order valence-corrected chi connectivity index (χ4v) is 0.898. The highest BCUT2D eigenvalue weighted by Gasteiger charge is 1.98. The maximum absolute atomic E-state index is 8.73. The fraction of sp³-hybridized carbons (Fsp3) is 0.600. The molecule has 1 heterocycles. The second-order valence-electron chi connectivity index (χ2n) is 3.54. The summed E-state index contributed by atoms with van der Waals surface area (Å²) < 4.78 is 5.36. The summed E-state index contributed by atoms with van der Waals surface area (Å²) in [4.78, 5) is 7.96. The Labute approximate surface area is 84.0 Å². The predicted molar refractivity (Wildman–Crippen MR) is 52.9 cm³/mol. The molecule has 78 valence electrons. The Morgan fingerprint density at radius 2 is 2.14 bits per heavy atom. The third-order valence-electron chi connectivity index (χ3n) is 1.79. The Balaban J connectivity index is 2.36. The van der Waals surface area contributed by atoms with Crippen LogP contribution in [0.5, 0.6) is 5.88 Å². The molecule has 0 spiro atoms. The number of rotatable bonds is 5. The second-order valence-corrected chi connectivity index (χ2v) is 3.54. The number of aromatic nitrogens is 2. The van der Waals surface area contributed by atoms with Crippen LogP contribution >= 0.6 is 0 Å². The topological polar surface area (TPSA) is 55.2 Å². The molecule has 0 aliphatic carbocycles. The molecule has 1 aromatic rings. The minimum atomic E-state index is -0.0841. The van der Waals surface area contributed by atoms with E-state index < -0.39 is 0 Å². The highest BCUT2D eigenvalue weighted by Crippen LogP contribution is 2.06. The molecule has 0 bridgehead atoms. The normalized spacial score (nSPS) is 10.6. The second kappa shape index (κ2) is 5.54. The van der Waals surface area contributed by atoms with Gasteiger partial charge in [-0.2, -0.15) is 0 Å². The molecule has 4 nitrogen and oxygen atoms in total. The van der Waals surface area contributed by atoms with Crippen LogP contribution in [0.15, 0.2) is 12.4 Å². The molecule has 0 radical (unpaired) electrons. The van der Waals surface area contributed by atoms with Crippen LogP contribution in [0, 0.1) is 5.92 Å². The van der Waals surface area contributed by atoms with Crippen LogP contribution in [0.25, 0.3) is 0 Å². The molecule has 1 aromatic heterocycles. The van der Waals surface area contributed by atoms with Gasteiger partial charge in [0.2, 0.25) is 5.88 Å². The van der Waals surface area contributed by atoms with Gasteiger partial charge in [0, 0.05) is 0 Å². The third kappa shape index (κ3) is 3.70. The van der Waals surface area contributed by atoms with E-state index in [0.717, 1.165) is 6.42 Å². The zero-order chi connectivity index (χ0) is 10.4. The van der Waals surface area contributed by atoms with Crippen molar-refractivity contribution in [2.24, 2.45) is 5.92 Å². The van der Waals surface area contributed by atoms with Crippen molar-refractivity contribution in [2.75, 3.05) is 6.61 Å². The molecule has 0 amide bonds. The van der Waals surface area contributed by atoms with Crippen molar-refractivity contribution in [1.29, 1.82) is 0 Å². The van der Waals surface area contributed by atoms with E-state index in [4.69, 9.17) is 9.84 Å². The molecule has 0 saturated heterocycles. The standard InChI is InChI=1S/C10H16N2O2/c1-8(2)3-4-14-10-6-11-9(7-13)5-12-10/h5-6,8,13H,3-4,7H2,1-2H3. The molecule has 0 atom stereocenters. The van der Waals surface area contributed by atoms with Gasteiger partial charge in [-0.15, -0.1) is 0 Å². The van der Waals surface area contributed by atoms with E-state index in [0.29, 0.717) is 24.1 Å². The van der Waals surface area contributed by atoms with E-state index in [1.54, 1.807) is 0 Å². The van der Waals surface area contributed by atoms with Gasteiger partial charge in [0.25, 0.3) is 0 Å². The first kappa shape index (κ1) is 10.9. The first-order chi connectivity index (χ1) is 6.72. The van der Waals surface area contributed by atoms with E-state index in [-0.39, 0.29) is 6.61 Å². The van der Waals surface area contributed by atoms with E-state index >= 15 is 0 Å². The molecule has 0 unspecified atom stereocenters. The van der Waals surface area contributed by atoms with E-state index in [2.05, 4.69) is 23.8 Å². The van der Waals surface area contributed by atoms with Crippen LogP contribution in [-0.4, -0.2) is 21.7 Å². The maximum atomic E-state index is 8.73. The average Bonchev–Trinajstić information content (AvgIpc) is 2.18. The summed E-state index contributed by atoms with van der Waals surface area (Å²) in [5.74, 6) is 1.14. The van der Waals surface area contributed by atoms with Gasteiger partial charge in [-0.1, -0.05) is 13.8 Å². The smallest absolute Gasteiger partial charge is 0.232 e. The van der Waals surface area contributed by atoms with Crippen LogP contribution in [0.2, 0.25) is 0 Å². The summed E-state index contributed by atoms with van der Waals surface area (Å²) in [7, 11) is 0. The summed E-state index contributed by atoms with van der Waals surface area (Å²) in [5.41, 5.74) is 0.557. The van der Waals surface area contributed by atoms with Crippen molar-refractivity contribution in [3.8, 4) is 5.88 Å². The number of aliphatic hydroxyl groups is 1. The van der Waals surface area contributed by atoms with Crippen LogP contribution in [-0.2, 0) is 6.61 Å². The maximum Gasteiger partial charge on any atom is 0.232 e. The lowest BCUT2D eigenvalue weighted by Crippen LogP contribution is -2.03. The molecule has 0 aliphatic rings. The molecule has 4 heteroatoms. The molecule has 0 aromatic carbocycles. The van der Waals surface area contributed by atoms with Gasteiger partial charge < -0.3 is 9.84 Å². The van der Waals surface area contributed by atoms with E-state index in [1.807, 2.05) is 0 Å². The molecule has 14 heavy (non-hydrogen) atoms. The Bertz CT molecular complexity index is 259. The van der Waals surface area contributed by atoms with Crippen LogP contribution in [0.1, 0.15) is 26.0 Å². The number of aliphatic hydroxyl groups excluding tert-OH is 1. The Kier molecular flexibility index (Phi) is 4.32. The average molecular weight is 196 g/mol. The van der Waals surface area contributed by atoms with Crippen molar-refractivity contribution < 1.29 is 9.84 Å². The lowest BCUT2D eigenvalue weighted by Gasteiger charge is -2.06. The summed E-state index contributed by atoms with van der Waals surface area (Å²) in [6, 6.07) is 0. The highest BCUT2D eigenvalue weighted by molar-refractivity contribution is 5.06. The molecule has 0 saturated carbocycles. The molecule has 1 rings (SSSR count). The number of hydrogen-bond acceptors (Lipinski definition) is 4. The molecule has 1 N–H and O–H groups in total.